The Labute approximate surface area is 163 Å². The fourth-order valence-electron chi connectivity index (χ4n) is 4.16. The average molecular weight is 372 g/mol. The molecule has 2 amide bonds. The van der Waals surface area contributed by atoms with Crippen molar-refractivity contribution in [3.63, 3.8) is 0 Å². The summed E-state index contributed by atoms with van der Waals surface area (Å²) in [6.45, 7) is 0.828. The van der Waals surface area contributed by atoms with Crippen LogP contribution in [0.2, 0.25) is 0 Å². The summed E-state index contributed by atoms with van der Waals surface area (Å²) in [5, 5.41) is 3.00. The highest BCUT2D eigenvalue weighted by atomic mass is 16.3. The number of likely N-dealkylation sites (tertiary alicyclic amines) is 1. The number of nitrogens with zero attached hydrogens (tertiary/aromatic N) is 1. The van der Waals surface area contributed by atoms with Crippen molar-refractivity contribution in [1.82, 2.24) is 4.90 Å². The van der Waals surface area contributed by atoms with Gasteiger partial charge < -0.3 is 14.6 Å². The maximum atomic E-state index is 12.7. The van der Waals surface area contributed by atoms with Crippen LogP contribution in [-0.4, -0.2) is 23.3 Å². The van der Waals surface area contributed by atoms with Crippen LogP contribution in [0.4, 0.5) is 5.69 Å². The van der Waals surface area contributed by atoms with E-state index in [1.54, 1.807) is 17.2 Å². The van der Waals surface area contributed by atoms with Crippen molar-refractivity contribution in [3.8, 4) is 11.1 Å². The zero-order valence-corrected chi connectivity index (χ0v) is 15.4. The highest BCUT2D eigenvalue weighted by Crippen LogP contribution is 2.37. The molecule has 1 atom stereocenters. The molecule has 0 radical (unpaired) electrons. The van der Waals surface area contributed by atoms with Gasteiger partial charge in [0.2, 0.25) is 11.8 Å². The quantitative estimate of drug-likeness (QED) is 0.592. The van der Waals surface area contributed by atoms with Crippen LogP contribution in [0.5, 0.6) is 0 Å². The number of rotatable bonds is 4. The largest absolute Gasteiger partial charge is 0.467 e. The van der Waals surface area contributed by atoms with E-state index in [1.165, 1.54) is 22.3 Å². The Morgan fingerprint density at radius 2 is 1.93 bits per heavy atom. The van der Waals surface area contributed by atoms with Crippen molar-refractivity contribution in [2.24, 2.45) is 5.92 Å². The van der Waals surface area contributed by atoms with Crippen molar-refractivity contribution in [2.75, 3.05) is 11.9 Å². The van der Waals surface area contributed by atoms with Crippen LogP contribution in [0.3, 0.4) is 0 Å². The predicted molar refractivity (Wildman–Crippen MR) is 106 cm³/mol. The van der Waals surface area contributed by atoms with E-state index in [0.29, 0.717) is 13.1 Å². The molecule has 5 rings (SSSR count). The highest BCUT2D eigenvalue weighted by molar-refractivity contribution is 5.97. The van der Waals surface area contributed by atoms with Crippen molar-refractivity contribution in [2.45, 2.75) is 19.4 Å². The van der Waals surface area contributed by atoms with Gasteiger partial charge in [-0.05, 0) is 52.9 Å². The molecule has 1 fully saturated rings. The maximum absolute atomic E-state index is 12.7. The van der Waals surface area contributed by atoms with Crippen LogP contribution >= 0.6 is 0 Å². The Morgan fingerprint density at radius 1 is 1.07 bits per heavy atom. The van der Waals surface area contributed by atoms with Crippen LogP contribution in [-0.2, 0) is 22.6 Å². The SMILES string of the molecule is O=C(Nc1ccc2c(c1)Cc1ccccc1-2)C1CC(=O)N(Cc2ccco2)C1. The fraction of sp³-hybridized carbons (Fsp3) is 0.217. The number of hydrogen-bond donors (Lipinski definition) is 1. The van der Waals surface area contributed by atoms with Crippen molar-refractivity contribution < 1.29 is 14.0 Å². The molecule has 1 N–H and O–H groups in total. The highest BCUT2D eigenvalue weighted by Gasteiger charge is 2.34. The van der Waals surface area contributed by atoms with Gasteiger partial charge in [0.15, 0.2) is 0 Å². The Bertz CT molecular complexity index is 1060. The second-order valence-corrected chi connectivity index (χ2v) is 7.45. The summed E-state index contributed by atoms with van der Waals surface area (Å²) in [6, 6.07) is 18.1. The van der Waals surface area contributed by atoms with Gasteiger partial charge in [-0.3, -0.25) is 9.59 Å². The number of anilines is 1. The number of amides is 2. The first-order chi connectivity index (χ1) is 13.7. The van der Waals surface area contributed by atoms with Crippen molar-refractivity contribution in [1.29, 1.82) is 0 Å². The smallest absolute Gasteiger partial charge is 0.229 e. The van der Waals surface area contributed by atoms with E-state index < -0.39 is 0 Å². The van der Waals surface area contributed by atoms with Gasteiger partial charge in [0, 0.05) is 18.7 Å². The molecule has 5 heteroatoms. The molecule has 28 heavy (non-hydrogen) atoms. The lowest BCUT2D eigenvalue weighted by Gasteiger charge is -2.15. The van der Waals surface area contributed by atoms with Gasteiger partial charge >= 0.3 is 0 Å². The Hall–Kier alpha value is -3.34. The van der Waals surface area contributed by atoms with Crippen molar-refractivity contribution >= 4 is 17.5 Å². The molecule has 0 bridgehead atoms. The molecule has 140 valence electrons. The minimum Gasteiger partial charge on any atom is -0.467 e. The van der Waals surface area contributed by atoms with Crippen LogP contribution in [0.15, 0.2) is 65.3 Å². The number of hydrogen-bond acceptors (Lipinski definition) is 3. The van der Waals surface area contributed by atoms with Gasteiger partial charge in [-0.15, -0.1) is 0 Å². The maximum Gasteiger partial charge on any atom is 0.229 e. The van der Waals surface area contributed by atoms with Crippen LogP contribution in [0.1, 0.15) is 23.3 Å². The third-order valence-electron chi connectivity index (χ3n) is 5.57. The van der Waals surface area contributed by atoms with Gasteiger partial charge in [0.05, 0.1) is 18.7 Å². The van der Waals surface area contributed by atoms with E-state index in [0.717, 1.165) is 17.9 Å². The monoisotopic (exact) mass is 372 g/mol. The minimum absolute atomic E-state index is 0.0130. The minimum atomic E-state index is -0.340. The molecule has 0 spiro atoms. The van der Waals surface area contributed by atoms with E-state index in [4.69, 9.17) is 4.42 Å². The van der Waals surface area contributed by atoms with E-state index in [-0.39, 0.29) is 24.2 Å². The number of furan rings is 1. The Morgan fingerprint density at radius 3 is 2.79 bits per heavy atom. The van der Waals surface area contributed by atoms with Crippen molar-refractivity contribution in [3.05, 3.63) is 77.7 Å². The molecule has 5 nitrogen and oxygen atoms in total. The molecule has 1 aliphatic carbocycles. The van der Waals surface area contributed by atoms with Gasteiger partial charge in [0.1, 0.15) is 5.76 Å². The summed E-state index contributed by atoms with van der Waals surface area (Å²) in [4.78, 5) is 26.6. The van der Waals surface area contributed by atoms with Gasteiger partial charge in [-0.1, -0.05) is 30.3 Å². The zero-order chi connectivity index (χ0) is 19.1. The second-order valence-electron chi connectivity index (χ2n) is 7.45. The van der Waals surface area contributed by atoms with Gasteiger partial charge in [-0.25, -0.2) is 0 Å². The van der Waals surface area contributed by atoms with E-state index >= 15 is 0 Å². The molecule has 1 saturated heterocycles. The molecule has 1 aliphatic heterocycles. The first kappa shape index (κ1) is 16.8. The topological polar surface area (TPSA) is 62.6 Å². The molecular formula is C23H20N2O3. The number of fused-ring (bicyclic) bond motifs is 3. The Balaban J connectivity index is 1.26. The standard InChI is InChI=1S/C23H20N2O3/c26-22-12-17(13-25(22)14-19-5-3-9-28-19)23(27)24-18-7-8-21-16(11-18)10-15-4-1-2-6-20(15)21/h1-9,11,17H,10,12-14H2,(H,24,27). The Kier molecular flexibility index (Phi) is 4.01. The summed E-state index contributed by atoms with van der Waals surface area (Å²) in [7, 11) is 0. The molecule has 0 saturated carbocycles. The average Bonchev–Trinajstić information content (AvgIpc) is 3.41. The normalized spacial score (nSPS) is 17.5. The predicted octanol–water partition coefficient (Wildman–Crippen LogP) is 3.84. The third-order valence-corrected chi connectivity index (χ3v) is 5.57. The lowest BCUT2D eigenvalue weighted by molar-refractivity contribution is -0.128. The number of benzene rings is 2. The van der Waals surface area contributed by atoms with Gasteiger partial charge in [0.25, 0.3) is 0 Å². The summed E-state index contributed by atoms with van der Waals surface area (Å²) < 4.78 is 5.31. The van der Waals surface area contributed by atoms with E-state index in [1.807, 2.05) is 18.2 Å². The number of nitrogens with one attached hydrogen (secondary N) is 1. The molecule has 2 heterocycles. The summed E-state index contributed by atoms with van der Waals surface area (Å²) in [6.07, 6.45) is 2.71. The second kappa shape index (κ2) is 6.68. The number of carbonyl (C=O) groups is 2. The van der Waals surface area contributed by atoms with Gasteiger partial charge in [-0.2, -0.15) is 0 Å². The van der Waals surface area contributed by atoms with Crippen LogP contribution in [0, 0.1) is 5.92 Å². The van der Waals surface area contributed by atoms with E-state index in [9.17, 15) is 9.59 Å². The molecule has 2 aromatic carbocycles. The molecule has 2 aliphatic rings. The lowest BCUT2D eigenvalue weighted by atomic mass is 10.0. The molecule has 1 aromatic heterocycles. The summed E-state index contributed by atoms with van der Waals surface area (Å²) in [5.74, 6) is 0.271. The first-order valence-corrected chi connectivity index (χ1v) is 9.49. The summed E-state index contributed by atoms with van der Waals surface area (Å²) in [5.41, 5.74) is 5.82. The summed E-state index contributed by atoms with van der Waals surface area (Å²) >= 11 is 0. The third kappa shape index (κ3) is 2.99. The zero-order valence-electron chi connectivity index (χ0n) is 15.4. The molecule has 3 aromatic rings. The fourth-order valence-corrected chi connectivity index (χ4v) is 4.16. The van der Waals surface area contributed by atoms with Crippen LogP contribution < -0.4 is 5.32 Å². The van der Waals surface area contributed by atoms with Crippen LogP contribution in [0.25, 0.3) is 11.1 Å². The molecular weight excluding hydrogens is 352 g/mol. The number of carbonyl (C=O) groups excluding carboxylic acids is 2. The first-order valence-electron chi connectivity index (χ1n) is 9.49. The molecule has 1 unspecified atom stereocenters. The van der Waals surface area contributed by atoms with E-state index in [2.05, 4.69) is 35.6 Å². The lowest BCUT2D eigenvalue weighted by Crippen LogP contribution is -2.27.